The highest BCUT2D eigenvalue weighted by molar-refractivity contribution is 5.54. The average Bonchev–Trinajstić information content (AvgIpc) is 2.60. The molecule has 0 bridgehead atoms. The average molecular weight is 378 g/mol. The minimum atomic E-state index is -4.55. The number of nitro benzene ring substituents is 1. The standard InChI is InChI=1S/C16H21F3N2O5/c1-24-14-5-12(8-20-7-11-3-2-4-25-9-11)13(21(22)23)6-15(14)26-10-16(17,18)19/h5-6,11,20H,2-4,7-10H2,1H3. The molecular weight excluding hydrogens is 357 g/mol. The number of alkyl halides is 3. The number of halogens is 3. The first-order valence-electron chi connectivity index (χ1n) is 8.13. The van der Waals surface area contributed by atoms with Crippen molar-refractivity contribution in [2.45, 2.75) is 25.6 Å². The zero-order valence-electron chi connectivity index (χ0n) is 14.3. The molecule has 1 aromatic carbocycles. The maximum atomic E-state index is 12.3. The van der Waals surface area contributed by atoms with E-state index < -0.39 is 17.7 Å². The van der Waals surface area contributed by atoms with E-state index in [1.807, 2.05) is 0 Å². The topological polar surface area (TPSA) is 82.9 Å². The van der Waals surface area contributed by atoms with Gasteiger partial charge < -0.3 is 19.5 Å². The highest BCUT2D eigenvalue weighted by Crippen LogP contribution is 2.35. The number of hydrogen-bond acceptors (Lipinski definition) is 6. The van der Waals surface area contributed by atoms with Crippen molar-refractivity contribution in [1.29, 1.82) is 0 Å². The molecule has 0 radical (unpaired) electrons. The number of methoxy groups -OCH3 is 1. The third-order valence-corrected chi connectivity index (χ3v) is 3.96. The van der Waals surface area contributed by atoms with Crippen molar-refractivity contribution in [1.82, 2.24) is 5.32 Å². The van der Waals surface area contributed by atoms with Gasteiger partial charge in [0.25, 0.3) is 5.69 Å². The van der Waals surface area contributed by atoms with Gasteiger partial charge in [0.1, 0.15) is 0 Å². The van der Waals surface area contributed by atoms with Gasteiger partial charge in [0, 0.05) is 25.3 Å². The number of nitrogens with zero attached hydrogens (tertiary/aromatic N) is 1. The normalized spacial score (nSPS) is 17.8. The van der Waals surface area contributed by atoms with Crippen molar-refractivity contribution in [2.75, 3.05) is 33.5 Å². The number of ether oxygens (including phenoxy) is 3. The molecule has 1 N–H and O–H groups in total. The van der Waals surface area contributed by atoms with E-state index in [1.165, 1.54) is 13.2 Å². The molecule has 1 aliphatic rings. The summed E-state index contributed by atoms with van der Waals surface area (Å²) >= 11 is 0. The van der Waals surface area contributed by atoms with E-state index in [2.05, 4.69) is 10.1 Å². The van der Waals surface area contributed by atoms with Crippen LogP contribution in [0.25, 0.3) is 0 Å². The first-order chi connectivity index (χ1) is 12.3. The molecule has 1 aliphatic heterocycles. The van der Waals surface area contributed by atoms with Gasteiger partial charge in [0.05, 0.1) is 24.7 Å². The van der Waals surface area contributed by atoms with Crippen LogP contribution in [0.2, 0.25) is 0 Å². The van der Waals surface area contributed by atoms with Crippen LogP contribution in [0.15, 0.2) is 12.1 Å². The van der Waals surface area contributed by atoms with Gasteiger partial charge in [-0.05, 0) is 24.8 Å². The zero-order chi connectivity index (χ0) is 19.2. The van der Waals surface area contributed by atoms with E-state index in [9.17, 15) is 23.3 Å². The van der Waals surface area contributed by atoms with Gasteiger partial charge in [0.15, 0.2) is 18.1 Å². The Balaban J connectivity index is 2.09. The van der Waals surface area contributed by atoms with Crippen molar-refractivity contribution in [3.05, 3.63) is 27.8 Å². The molecule has 146 valence electrons. The Labute approximate surface area is 148 Å². The molecule has 2 rings (SSSR count). The summed E-state index contributed by atoms with van der Waals surface area (Å²) in [6, 6.07) is 2.29. The van der Waals surface area contributed by atoms with Crippen LogP contribution in [0.3, 0.4) is 0 Å². The smallest absolute Gasteiger partial charge is 0.422 e. The highest BCUT2D eigenvalue weighted by atomic mass is 19.4. The van der Waals surface area contributed by atoms with Gasteiger partial charge in [-0.2, -0.15) is 13.2 Å². The van der Waals surface area contributed by atoms with Crippen molar-refractivity contribution >= 4 is 5.69 Å². The van der Waals surface area contributed by atoms with Crippen molar-refractivity contribution < 1.29 is 32.3 Å². The van der Waals surface area contributed by atoms with Gasteiger partial charge in [-0.25, -0.2) is 0 Å². The number of rotatable bonds is 8. The van der Waals surface area contributed by atoms with Gasteiger partial charge in [0.2, 0.25) is 0 Å². The second-order valence-corrected chi connectivity index (χ2v) is 6.01. The lowest BCUT2D eigenvalue weighted by Crippen LogP contribution is -2.29. The Hall–Kier alpha value is -2.07. The highest BCUT2D eigenvalue weighted by Gasteiger charge is 2.30. The molecule has 1 saturated heterocycles. The van der Waals surface area contributed by atoms with Gasteiger partial charge in [-0.3, -0.25) is 10.1 Å². The van der Waals surface area contributed by atoms with Crippen LogP contribution >= 0.6 is 0 Å². The molecule has 1 unspecified atom stereocenters. The van der Waals surface area contributed by atoms with Crippen LogP contribution in [0.4, 0.5) is 18.9 Å². The summed E-state index contributed by atoms with van der Waals surface area (Å²) in [6.07, 6.45) is -2.56. The van der Waals surface area contributed by atoms with Crippen LogP contribution in [0.5, 0.6) is 11.5 Å². The SMILES string of the molecule is COc1cc(CNCC2CCCOC2)c([N+](=O)[O-])cc1OCC(F)(F)F. The molecule has 0 aliphatic carbocycles. The van der Waals surface area contributed by atoms with Crippen LogP contribution in [0.1, 0.15) is 18.4 Å². The van der Waals surface area contributed by atoms with E-state index in [4.69, 9.17) is 9.47 Å². The maximum Gasteiger partial charge on any atom is 0.422 e. The number of nitro groups is 1. The number of hydrogen-bond donors (Lipinski definition) is 1. The Morgan fingerprint density at radius 1 is 1.38 bits per heavy atom. The lowest BCUT2D eigenvalue weighted by Gasteiger charge is -2.22. The first kappa shape index (κ1) is 20.2. The molecule has 7 nitrogen and oxygen atoms in total. The third kappa shape index (κ3) is 6.03. The van der Waals surface area contributed by atoms with E-state index >= 15 is 0 Å². The fourth-order valence-electron chi connectivity index (χ4n) is 2.71. The monoisotopic (exact) mass is 378 g/mol. The van der Waals surface area contributed by atoms with Crippen LogP contribution < -0.4 is 14.8 Å². The molecule has 0 saturated carbocycles. The fraction of sp³-hybridized carbons (Fsp3) is 0.625. The second kappa shape index (κ2) is 9.04. The van der Waals surface area contributed by atoms with E-state index in [-0.39, 0.29) is 23.7 Å². The predicted octanol–water partition coefficient (Wildman–Crippen LogP) is 3.06. The Morgan fingerprint density at radius 2 is 2.15 bits per heavy atom. The first-order valence-corrected chi connectivity index (χ1v) is 8.13. The predicted molar refractivity (Wildman–Crippen MR) is 86.4 cm³/mol. The summed E-state index contributed by atoms with van der Waals surface area (Å²) in [5.41, 5.74) is -0.0155. The second-order valence-electron chi connectivity index (χ2n) is 6.01. The lowest BCUT2D eigenvalue weighted by atomic mass is 10.0. The molecule has 0 amide bonds. The van der Waals surface area contributed by atoms with Crippen LogP contribution in [0, 0.1) is 16.0 Å². The molecule has 1 aromatic rings. The van der Waals surface area contributed by atoms with Gasteiger partial charge >= 0.3 is 6.18 Å². The van der Waals surface area contributed by atoms with Crippen LogP contribution in [-0.4, -0.2) is 44.6 Å². The fourth-order valence-corrected chi connectivity index (χ4v) is 2.71. The van der Waals surface area contributed by atoms with E-state index in [0.29, 0.717) is 24.6 Å². The minimum absolute atomic E-state index is 0.0117. The van der Waals surface area contributed by atoms with Gasteiger partial charge in [-0.1, -0.05) is 0 Å². The summed E-state index contributed by atoms with van der Waals surface area (Å²) in [5.74, 6) is 0.0256. The molecular formula is C16H21F3N2O5. The van der Waals surface area contributed by atoms with E-state index in [1.54, 1.807) is 0 Å². The van der Waals surface area contributed by atoms with Crippen LogP contribution in [-0.2, 0) is 11.3 Å². The quantitative estimate of drug-likeness (QED) is 0.553. The maximum absolute atomic E-state index is 12.3. The Bertz CT molecular complexity index is 619. The molecule has 1 fully saturated rings. The zero-order valence-corrected chi connectivity index (χ0v) is 14.3. The number of benzene rings is 1. The van der Waals surface area contributed by atoms with E-state index in [0.717, 1.165) is 25.5 Å². The van der Waals surface area contributed by atoms with Crippen molar-refractivity contribution in [3.63, 3.8) is 0 Å². The summed E-state index contributed by atoms with van der Waals surface area (Å²) in [4.78, 5) is 10.6. The molecule has 1 heterocycles. The third-order valence-electron chi connectivity index (χ3n) is 3.96. The summed E-state index contributed by atoms with van der Waals surface area (Å²) in [5, 5.41) is 14.4. The van der Waals surface area contributed by atoms with Gasteiger partial charge in [-0.15, -0.1) is 0 Å². The Morgan fingerprint density at radius 3 is 2.73 bits per heavy atom. The molecule has 1 atom stereocenters. The molecule has 10 heteroatoms. The summed E-state index contributed by atoms with van der Waals surface area (Å²) in [6.45, 7) is 0.648. The lowest BCUT2D eigenvalue weighted by molar-refractivity contribution is -0.385. The summed E-state index contributed by atoms with van der Waals surface area (Å²) < 4.78 is 52.1. The minimum Gasteiger partial charge on any atom is -0.493 e. The molecule has 26 heavy (non-hydrogen) atoms. The summed E-state index contributed by atoms with van der Waals surface area (Å²) in [7, 11) is 1.26. The largest absolute Gasteiger partial charge is 0.493 e. The van der Waals surface area contributed by atoms with Crippen molar-refractivity contribution in [3.8, 4) is 11.5 Å². The molecule has 0 aromatic heterocycles. The Kier molecular flexibility index (Phi) is 7.04. The van der Waals surface area contributed by atoms with Crippen molar-refractivity contribution in [2.24, 2.45) is 5.92 Å². The molecule has 0 spiro atoms. The number of nitrogens with one attached hydrogen (secondary N) is 1.